The Morgan fingerprint density at radius 2 is 1.44 bits per heavy atom. The van der Waals surface area contributed by atoms with E-state index in [2.05, 4.69) is 12.2 Å². The van der Waals surface area contributed by atoms with Crippen LogP contribution in [0.4, 0.5) is 5.69 Å². The number of carbonyl (C=O) groups is 4. The number of ketones is 2. The maximum atomic E-state index is 14.1. The quantitative estimate of drug-likeness (QED) is 0.0652. The van der Waals surface area contributed by atoms with Crippen molar-refractivity contribution >= 4 is 29.1 Å². The summed E-state index contributed by atoms with van der Waals surface area (Å²) >= 11 is 0. The maximum Gasteiger partial charge on any atom is 0.255 e. The van der Waals surface area contributed by atoms with E-state index in [1.54, 1.807) is 13.0 Å². The number of likely N-dealkylation sites (N-methyl/N-ethyl adjacent to an activating group) is 1. The molecule has 12 heteroatoms. The molecule has 0 saturated heterocycles. The van der Waals surface area contributed by atoms with Gasteiger partial charge >= 0.3 is 0 Å². The number of nitrogens with two attached hydrogens (primary N) is 1. The zero-order chi connectivity index (χ0) is 36.9. The number of Topliss-reactive ketones (excluding diaryl/α,β-unsaturated/α-hetero) is 2. The molecule has 0 aliphatic heterocycles. The van der Waals surface area contributed by atoms with Crippen LogP contribution in [0.5, 0.6) is 5.75 Å². The molecule has 6 atom stereocenters. The van der Waals surface area contributed by atoms with E-state index in [1.165, 1.54) is 82.8 Å². The number of hydrogen-bond donors (Lipinski definition) is 7. The van der Waals surface area contributed by atoms with Crippen molar-refractivity contribution in [2.24, 2.45) is 17.6 Å². The minimum atomic E-state index is -2.99. The Hall–Kier alpha value is -3.74. The number of fused-ring (bicyclic) bond motifs is 3. The molecule has 0 saturated carbocycles. The number of phenolic OH excluding ortho intramolecular Hbond substituents is 1. The highest BCUT2D eigenvalue weighted by Crippen LogP contribution is 2.56. The smallest absolute Gasteiger partial charge is 0.255 e. The van der Waals surface area contributed by atoms with Crippen LogP contribution in [0.1, 0.15) is 126 Å². The van der Waals surface area contributed by atoms with E-state index in [9.17, 15) is 44.7 Å². The summed E-state index contributed by atoms with van der Waals surface area (Å²) in [6.07, 6.45) is 13.8. The molecular formula is C38H55N3O9. The van der Waals surface area contributed by atoms with Crippen LogP contribution in [-0.4, -0.2) is 85.7 Å². The number of aliphatic hydroxyl groups is 4. The molecule has 0 fully saturated rings. The van der Waals surface area contributed by atoms with Crippen molar-refractivity contribution in [2.45, 2.75) is 127 Å². The van der Waals surface area contributed by atoms with Crippen LogP contribution in [-0.2, 0) is 14.4 Å². The number of aliphatic hydroxyl groups excluding tert-OH is 3. The predicted molar refractivity (Wildman–Crippen MR) is 189 cm³/mol. The summed E-state index contributed by atoms with van der Waals surface area (Å²) in [7, 11) is 2.96. The molecule has 12 nitrogen and oxygen atoms in total. The van der Waals surface area contributed by atoms with Gasteiger partial charge in [0, 0.05) is 17.9 Å². The summed E-state index contributed by atoms with van der Waals surface area (Å²) in [5.74, 6) is -9.96. The number of primary amides is 1. The van der Waals surface area contributed by atoms with Crippen LogP contribution >= 0.6 is 0 Å². The average Bonchev–Trinajstić information content (AvgIpc) is 3.05. The molecule has 2 amide bonds. The van der Waals surface area contributed by atoms with Gasteiger partial charge in [-0.05, 0) is 38.1 Å². The number of phenols is 1. The number of nitrogens with zero attached hydrogens (tertiary/aromatic N) is 1. The number of nitrogens with one attached hydrogen (secondary N) is 1. The lowest BCUT2D eigenvalue weighted by molar-refractivity contribution is -0.162. The number of aromatic hydroxyl groups is 1. The van der Waals surface area contributed by atoms with Crippen LogP contribution in [0.25, 0.3) is 0 Å². The highest BCUT2D eigenvalue weighted by atomic mass is 16.4. The maximum absolute atomic E-state index is 14.1. The third kappa shape index (κ3) is 7.34. The second-order valence-corrected chi connectivity index (χ2v) is 14.5. The van der Waals surface area contributed by atoms with Crippen molar-refractivity contribution in [3.8, 4) is 5.75 Å². The lowest BCUT2D eigenvalue weighted by Crippen LogP contribution is -2.68. The van der Waals surface area contributed by atoms with Gasteiger partial charge in [-0.3, -0.25) is 24.1 Å². The van der Waals surface area contributed by atoms with Gasteiger partial charge in [0.2, 0.25) is 11.7 Å². The standard InChI is InChI=1S/C38H55N3O9/c1-5-6-7-8-9-10-11-12-13-14-15-16-17-18-24(42)40-23-20-19-22-21(2)25-27(32(44)26(22)31(23)43)35(47)38(50)29(33(25)45)30(41(3)4)34(46)28(36(38)48)37(39)49/h19-21,25,29-30,33,43,45-47,50H,5-18H2,1-4H3,(H2,39,49)(H,40,42)/t21-,25?,29?,30-,33-,38?/m0/s1. The molecule has 0 heterocycles. The van der Waals surface area contributed by atoms with Gasteiger partial charge in [-0.1, -0.05) is 97.0 Å². The van der Waals surface area contributed by atoms with Gasteiger partial charge in [0.25, 0.3) is 5.91 Å². The van der Waals surface area contributed by atoms with Crippen molar-refractivity contribution < 1.29 is 44.7 Å². The summed E-state index contributed by atoms with van der Waals surface area (Å²) in [5.41, 5.74) is 1.01. The Morgan fingerprint density at radius 3 is 1.96 bits per heavy atom. The topological polar surface area (TPSA) is 211 Å². The van der Waals surface area contributed by atoms with E-state index in [4.69, 9.17) is 5.73 Å². The van der Waals surface area contributed by atoms with E-state index in [1.807, 2.05) is 0 Å². The molecule has 0 radical (unpaired) electrons. The molecule has 3 aliphatic carbocycles. The molecule has 1 aromatic carbocycles. The molecule has 276 valence electrons. The van der Waals surface area contributed by atoms with Crippen LogP contribution in [0.2, 0.25) is 0 Å². The Kier molecular flexibility index (Phi) is 12.9. The summed E-state index contributed by atoms with van der Waals surface area (Å²) in [4.78, 5) is 54.0. The molecular weight excluding hydrogens is 642 g/mol. The van der Waals surface area contributed by atoms with Crippen LogP contribution < -0.4 is 11.1 Å². The van der Waals surface area contributed by atoms with Gasteiger partial charge in [-0.15, -0.1) is 0 Å². The van der Waals surface area contributed by atoms with Crippen molar-refractivity contribution in [2.75, 3.05) is 19.4 Å². The van der Waals surface area contributed by atoms with Gasteiger partial charge in [0.1, 0.15) is 17.1 Å². The summed E-state index contributed by atoms with van der Waals surface area (Å²) in [5, 5.41) is 60.0. The highest BCUT2D eigenvalue weighted by Gasteiger charge is 2.67. The highest BCUT2D eigenvalue weighted by molar-refractivity contribution is 6.25. The van der Waals surface area contributed by atoms with Crippen LogP contribution in [0.3, 0.4) is 0 Å². The number of carbonyl (C=O) groups excluding carboxylic acids is 4. The first-order chi connectivity index (χ1) is 23.7. The number of hydrogen-bond acceptors (Lipinski definition) is 10. The van der Waals surface area contributed by atoms with Gasteiger partial charge < -0.3 is 36.6 Å². The fourth-order valence-electron chi connectivity index (χ4n) is 8.24. The molecule has 0 bridgehead atoms. The minimum absolute atomic E-state index is 0.0132. The zero-order valence-corrected chi connectivity index (χ0v) is 29.8. The van der Waals surface area contributed by atoms with Crippen LogP contribution in [0, 0.1) is 11.8 Å². The lowest BCUT2D eigenvalue weighted by Gasteiger charge is -2.53. The van der Waals surface area contributed by atoms with Gasteiger partial charge in [-0.25, -0.2) is 0 Å². The largest absolute Gasteiger partial charge is 0.510 e. The first kappa shape index (κ1) is 39.1. The molecule has 50 heavy (non-hydrogen) atoms. The van der Waals surface area contributed by atoms with E-state index in [-0.39, 0.29) is 23.6 Å². The summed E-state index contributed by atoms with van der Waals surface area (Å²) < 4.78 is 0. The SMILES string of the molecule is CCCCCCCCCCCCCCCC(=O)Nc1ccc2c(c1O)C(=O)C1=C(O)C3(O)C(=O)C(C(N)=O)=C(O)[C@@H](N(C)C)C3[C@@H](O)C1[C@H]2C. The van der Waals surface area contributed by atoms with Gasteiger partial charge in [0.05, 0.1) is 29.3 Å². The fraction of sp³-hybridized carbons (Fsp3) is 0.632. The lowest BCUT2D eigenvalue weighted by atomic mass is 9.55. The number of amides is 2. The minimum Gasteiger partial charge on any atom is -0.510 e. The second kappa shape index (κ2) is 16.5. The average molecular weight is 698 g/mol. The third-order valence-electron chi connectivity index (χ3n) is 10.9. The molecule has 4 rings (SSSR count). The van der Waals surface area contributed by atoms with Crippen molar-refractivity contribution in [1.82, 2.24) is 4.90 Å². The van der Waals surface area contributed by atoms with E-state index in [0.29, 0.717) is 12.0 Å². The second-order valence-electron chi connectivity index (χ2n) is 14.5. The molecule has 0 aromatic heterocycles. The number of unbranched alkanes of at least 4 members (excludes halogenated alkanes) is 12. The van der Waals surface area contributed by atoms with Crippen molar-refractivity contribution in [3.05, 3.63) is 45.9 Å². The van der Waals surface area contributed by atoms with Crippen molar-refractivity contribution in [3.63, 3.8) is 0 Å². The zero-order valence-electron chi connectivity index (χ0n) is 29.8. The number of anilines is 1. The number of rotatable bonds is 17. The Labute approximate surface area is 294 Å². The monoisotopic (exact) mass is 697 g/mol. The number of benzene rings is 1. The third-order valence-corrected chi connectivity index (χ3v) is 10.9. The van der Waals surface area contributed by atoms with Gasteiger partial charge in [0.15, 0.2) is 17.1 Å². The van der Waals surface area contributed by atoms with Crippen LogP contribution in [0.15, 0.2) is 34.8 Å². The Balaban J connectivity index is 1.45. The molecule has 1 aromatic rings. The predicted octanol–water partition coefficient (Wildman–Crippen LogP) is 5.07. The first-order valence-electron chi connectivity index (χ1n) is 18.2. The molecule has 3 aliphatic rings. The summed E-state index contributed by atoms with van der Waals surface area (Å²) in [6.45, 7) is 3.88. The molecule has 3 unspecified atom stereocenters. The first-order valence-corrected chi connectivity index (χ1v) is 18.2. The van der Waals surface area contributed by atoms with E-state index in [0.717, 1.165) is 19.3 Å². The Morgan fingerprint density at radius 1 is 0.900 bits per heavy atom. The molecule has 0 spiro atoms. The Bertz CT molecular complexity index is 1530. The van der Waals surface area contributed by atoms with E-state index < -0.39 is 81.4 Å². The van der Waals surface area contributed by atoms with Gasteiger partial charge in [-0.2, -0.15) is 0 Å². The van der Waals surface area contributed by atoms with Crippen molar-refractivity contribution in [1.29, 1.82) is 0 Å². The fourth-order valence-corrected chi connectivity index (χ4v) is 8.24. The summed E-state index contributed by atoms with van der Waals surface area (Å²) in [6, 6.07) is 1.70. The normalized spacial score (nSPS) is 26.2. The molecule has 8 N–H and O–H groups in total. The van der Waals surface area contributed by atoms with E-state index >= 15 is 0 Å².